The highest BCUT2D eigenvalue weighted by atomic mass is 19.4. The Kier molecular flexibility index (Phi) is 4.41. The molecule has 1 aromatic rings. The molecular weight excluding hydrogens is 287 g/mol. The first kappa shape index (κ1) is 15.6. The maximum atomic E-state index is 13.1. The fourth-order valence-corrected chi connectivity index (χ4v) is 2.23. The van der Waals surface area contributed by atoms with E-state index in [0.29, 0.717) is 11.3 Å². The lowest BCUT2D eigenvalue weighted by Crippen LogP contribution is -2.47. The lowest BCUT2D eigenvalue weighted by molar-refractivity contribution is -0.229. The van der Waals surface area contributed by atoms with E-state index in [4.69, 9.17) is 9.47 Å². The number of hydrogen-bond donors (Lipinski definition) is 1. The summed E-state index contributed by atoms with van der Waals surface area (Å²) in [5.74, 6) is -0.604. The Morgan fingerprint density at radius 3 is 2.48 bits per heavy atom. The summed E-state index contributed by atoms with van der Waals surface area (Å²) in [6.45, 7) is -0.476. The monoisotopic (exact) mass is 303 g/mol. The van der Waals surface area contributed by atoms with Crippen LogP contribution in [0.15, 0.2) is 24.3 Å². The van der Waals surface area contributed by atoms with Gasteiger partial charge in [-0.3, -0.25) is 4.79 Å². The summed E-state index contributed by atoms with van der Waals surface area (Å²) < 4.78 is 49.2. The number of hydrogen-bond acceptors (Lipinski definition) is 4. The van der Waals surface area contributed by atoms with Gasteiger partial charge in [0.2, 0.25) is 0 Å². The summed E-state index contributed by atoms with van der Waals surface area (Å²) in [4.78, 5) is 11.9. The van der Waals surface area contributed by atoms with Crippen molar-refractivity contribution in [3.05, 3.63) is 29.8 Å². The predicted octanol–water partition coefficient (Wildman–Crippen LogP) is 2.28. The Bertz CT molecular complexity index is 493. The van der Waals surface area contributed by atoms with Gasteiger partial charge in [0.25, 0.3) is 0 Å². The molecule has 21 heavy (non-hydrogen) atoms. The average Bonchev–Trinajstić information content (AvgIpc) is 2.96. The summed E-state index contributed by atoms with van der Waals surface area (Å²) >= 11 is 0. The zero-order valence-corrected chi connectivity index (χ0v) is 11.5. The van der Waals surface area contributed by atoms with Crippen LogP contribution in [0.2, 0.25) is 0 Å². The maximum absolute atomic E-state index is 13.1. The summed E-state index contributed by atoms with van der Waals surface area (Å²) in [6.07, 6.45) is -4.91. The third kappa shape index (κ3) is 3.12. The third-order valence-electron chi connectivity index (χ3n) is 3.62. The second-order valence-corrected chi connectivity index (χ2v) is 4.93. The van der Waals surface area contributed by atoms with E-state index < -0.39 is 24.1 Å². The molecular formula is C14H16F3NO3. The number of carbonyl (C=O) groups is 1. The van der Waals surface area contributed by atoms with Crippen molar-refractivity contribution >= 4 is 5.97 Å². The number of ether oxygens (including phenoxy) is 2. The van der Waals surface area contributed by atoms with Crippen molar-refractivity contribution in [2.24, 2.45) is 5.41 Å². The fourth-order valence-electron chi connectivity index (χ4n) is 2.23. The Labute approximate surface area is 120 Å². The lowest BCUT2D eigenvalue weighted by atomic mass is 9.86. The highest BCUT2D eigenvalue weighted by Crippen LogP contribution is 2.44. The molecule has 1 N–H and O–H groups in total. The van der Waals surface area contributed by atoms with Crippen LogP contribution >= 0.6 is 0 Å². The van der Waals surface area contributed by atoms with E-state index >= 15 is 0 Å². The minimum Gasteiger partial charge on any atom is -0.497 e. The second-order valence-electron chi connectivity index (χ2n) is 4.93. The van der Waals surface area contributed by atoms with E-state index in [1.165, 1.54) is 7.11 Å². The normalized spacial score (nSPS) is 22.1. The van der Waals surface area contributed by atoms with Gasteiger partial charge in [0.1, 0.15) is 12.4 Å². The SMILES string of the molecule is COc1ccc(COC(=O)C2(C(F)(F)F)CCNC2)cc1. The number of esters is 1. The highest BCUT2D eigenvalue weighted by molar-refractivity contribution is 5.78. The van der Waals surface area contributed by atoms with Crippen molar-refractivity contribution in [2.75, 3.05) is 20.2 Å². The number of nitrogens with one attached hydrogen (secondary N) is 1. The predicted molar refractivity (Wildman–Crippen MR) is 68.8 cm³/mol. The van der Waals surface area contributed by atoms with E-state index in [1.807, 2.05) is 0 Å². The van der Waals surface area contributed by atoms with Gasteiger partial charge in [-0.05, 0) is 30.7 Å². The first-order chi connectivity index (χ1) is 9.89. The summed E-state index contributed by atoms with van der Waals surface area (Å²) in [5, 5.41) is 2.58. The number of rotatable bonds is 4. The van der Waals surface area contributed by atoms with Gasteiger partial charge in [-0.2, -0.15) is 13.2 Å². The van der Waals surface area contributed by atoms with E-state index in [9.17, 15) is 18.0 Å². The molecule has 0 bridgehead atoms. The fraction of sp³-hybridized carbons (Fsp3) is 0.500. The van der Waals surface area contributed by atoms with Crippen molar-refractivity contribution in [3.8, 4) is 5.75 Å². The highest BCUT2D eigenvalue weighted by Gasteiger charge is 2.62. The molecule has 0 aliphatic carbocycles. The van der Waals surface area contributed by atoms with Gasteiger partial charge in [-0.25, -0.2) is 0 Å². The third-order valence-corrected chi connectivity index (χ3v) is 3.62. The van der Waals surface area contributed by atoms with Crippen LogP contribution in [0.1, 0.15) is 12.0 Å². The van der Waals surface area contributed by atoms with Crippen molar-refractivity contribution in [3.63, 3.8) is 0 Å². The molecule has 1 unspecified atom stereocenters. The van der Waals surface area contributed by atoms with Gasteiger partial charge in [0.05, 0.1) is 7.11 Å². The minimum atomic E-state index is -4.62. The molecule has 4 nitrogen and oxygen atoms in total. The number of alkyl halides is 3. The van der Waals surface area contributed by atoms with E-state index in [2.05, 4.69) is 5.32 Å². The topological polar surface area (TPSA) is 47.6 Å². The largest absolute Gasteiger partial charge is 0.497 e. The molecule has 0 spiro atoms. The van der Waals surface area contributed by atoms with Crippen molar-refractivity contribution in [1.82, 2.24) is 5.32 Å². The van der Waals surface area contributed by atoms with Gasteiger partial charge in [-0.1, -0.05) is 12.1 Å². The smallest absolute Gasteiger partial charge is 0.406 e. The van der Waals surface area contributed by atoms with Crippen molar-refractivity contribution < 1.29 is 27.4 Å². The summed E-state index contributed by atoms with van der Waals surface area (Å²) in [6, 6.07) is 6.58. The minimum absolute atomic E-state index is 0.150. The van der Waals surface area contributed by atoms with Gasteiger partial charge in [0.15, 0.2) is 5.41 Å². The number of methoxy groups -OCH3 is 1. The first-order valence-electron chi connectivity index (χ1n) is 6.47. The van der Waals surface area contributed by atoms with Crippen LogP contribution in [-0.4, -0.2) is 32.3 Å². The Balaban J connectivity index is 2.02. The number of halogens is 3. The summed E-state index contributed by atoms with van der Waals surface area (Å²) in [7, 11) is 1.51. The molecule has 0 aromatic heterocycles. The molecule has 0 radical (unpaired) electrons. The van der Waals surface area contributed by atoms with Gasteiger partial charge in [0, 0.05) is 6.54 Å². The van der Waals surface area contributed by atoms with Crippen LogP contribution in [0.4, 0.5) is 13.2 Å². The molecule has 7 heteroatoms. The zero-order chi connectivity index (χ0) is 15.5. The Morgan fingerprint density at radius 1 is 1.33 bits per heavy atom. The van der Waals surface area contributed by atoms with E-state index in [0.717, 1.165) is 0 Å². The number of benzene rings is 1. The molecule has 116 valence electrons. The molecule has 1 aliphatic rings. The molecule has 1 fully saturated rings. The summed E-state index contributed by atoms with van der Waals surface area (Å²) in [5.41, 5.74) is -1.83. The van der Waals surface area contributed by atoms with E-state index in [-0.39, 0.29) is 19.6 Å². The van der Waals surface area contributed by atoms with Crippen LogP contribution in [-0.2, 0) is 16.1 Å². The standard InChI is InChI=1S/C14H16F3NO3/c1-20-11-4-2-10(3-5-11)8-21-12(19)13(14(15,16)17)6-7-18-9-13/h2-5,18H,6-9H2,1H3. The Hall–Kier alpha value is -1.76. The van der Waals surface area contributed by atoms with Crippen LogP contribution in [0.3, 0.4) is 0 Å². The van der Waals surface area contributed by atoms with Crippen LogP contribution in [0, 0.1) is 5.41 Å². The second kappa shape index (κ2) is 5.93. The first-order valence-corrected chi connectivity index (χ1v) is 6.47. The number of carbonyl (C=O) groups excluding carboxylic acids is 1. The van der Waals surface area contributed by atoms with Gasteiger partial charge < -0.3 is 14.8 Å². The van der Waals surface area contributed by atoms with Crippen molar-refractivity contribution in [2.45, 2.75) is 19.2 Å². The van der Waals surface area contributed by atoms with Crippen molar-refractivity contribution in [1.29, 1.82) is 0 Å². The van der Waals surface area contributed by atoms with Crippen LogP contribution in [0.5, 0.6) is 5.75 Å². The molecule has 0 saturated carbocycles. The zero-order valence-electron chi connectivity index (χ0n) is 11.5. The molecule has 1 aromatic carbocycles. The quantitative estimate of drug-likeness (QED) is 0.867. The average molecular weight is 303 g/mol. The maximum Gasteiger partial charge on any atom is 0.406 e. The van der Waals surface area contributed by atoms with Crippen LogP contribution in [0.25, 0.3) is 0 Å². The van der Waals surface area contributed by atoms with Crippen LogP contribution < -0.4 is 10.1 Å². The van der Waals surface area contributed by atoms with Gasteiger partial charge in [-0.15, -0.1) is 0 Å². The lowest BCUT2D eigenvalue weighted by Gasteiger charge is -2.28. The van der Waals surface area contributed by atoms with Gasteiger partial charge >= 0.3 is 12.1 Å². The molecule has 1 saturated heterocycles. The molecule has 2 rings (SSSR count). The van der Waals surface area contributed by atoms with E-state index in [1.54, 1.807) is 24.3 Å². The Morgan fingerprint density at radius 2 is 2.00 bits per heavy atom. The molecule has 0 amide bonds. The molecule has 1 heterocycles. The molecule has 1 aliphatic heterocycles. The molecule has 1 atom stereocenters.